The summed E-state index contributed by atoms with van der Waals surface area (Å²) < 4.78 is 57.0. The van der Waals surface area contributed by atoms with Crippen molar-refractivity contribution < 1.29 is 27.1 Å². The number of nitrogen functional groups attached to an aromatic ring is 1. The molecule has 3 rings (SSSR count). The zero-order valence-electron chi connectivity index (χ0n) is 14.4. The molecule has 1 heterocycles. The minimum atomic E-state index is -5.17. The van der Waals surface area contributed by atoms with Gasteiger partial charge < -0.3 is 10.5 Å². The highest BCUT2D eigenvalue weighted by atomic mass is 19.4. The second kappa shape index (κ2) is 6.95. The number of anilines is 1. The maximum atomic E-state index is 13.6. The summed E-state index contributed by atoms with van der Waals surface area (Å²) in [7, 11) is 0. The highest BCUT2D eigenvalue weighted by Crippen LogP contribution is 2.35. The third-order valence-electron chi connectivity index (χ3n) is 3.83. The van der Waals surface area contributed by atoms with Gasteiger partial charge in [0.25, 0.3) is 0 Å². The maximum Gasteiger partial charge on any atom is 0.459 e. The number of nitrogens with zero attached hydrogens (tertiary/aromatic N) is 3. The first-order chi connectivity index (χ1) is 13.1. The predicted octanol–water partition coefficient (Wildman–Crippen LogP) is 3.96. The number of carbonyl (C=O) groups is 1. The van der Waals surface area contributed by atoms with Crippen LogP contribution in [0.25, 0.3) is 17.1 Å². The summed E-state index contributed by atoms with van der Waals surface area (Å²) in [5, 5.41) is 4.25. The van der Waals surface area contributed by atoms with Crippen molar-refractivity contribution in [2.75, 3.05) is 5.73 Å². The van der Waals surface area contributed by atoms with Gasteiger partial charge >= 0.3 is 12.0 Å². The number of halogens is 4. The quantitative estimate of drug-likeness (QED) is 0.523. The Balaban J connectivity index is 1.84. The van der Waals surface area contributed by atoms with Gasteiger partial charge in [0, 0.05) is 18.1 Å². The topological polar surface area (TPSA) is 83.0 Å². The predicted molar refractivity (Wildman–Crippen MR) is 92.8 cm³/mol. The van der Waals surface area contributed by atoms with E-state index in [0.717, 1.165) is 0 Å². The third-order valence-corrected chi connectivity index (χ3v) is 3.83. The molecule has 2 aromatic carbocycles. The molecule has 2 N–H and O–H groups in total. The number of carbonyl (C=O) groups excluding carboxylic acids is 1. The minimum Gasteiger partial charge on any atom is -0.450 e. The van der Waals surface area contributed by atoms with E-state index in [0.29, 0.717) is 35.8 Å². The molecule has 0 spiro atoms. The van der Waals surface area contributed by atoms with Gasteiger partial charge in [-0.2, -0.15) is 27.2 Å². The van der Waals surface area contributed by atoms with Crippen molar-refractivity contribution in [1.82, 2.24) is 14.8 Å². The number of aldehydes is 1. The molecule has 0 fully saturated rings. The summed E-state index contributed by atoms with van der Waals surface area (Å²) in [4.78, 5) is 14.8. The smallest absolute Gasteiger partial charge is 0.450 e. The van der Waals surface area contributed by atoms with Crippen molar-refractivity contribution in [2.45, 2.75) is 19.0 Å². The number of ether oxygens (including phenoxy) is 1. The Bertz CT molecular complexity index is 980. The van der Waals surface area contributed by atoms with Gasteiger partial charge in [-0.25, -0.2) is 0 Å². The van der Waals surface area contributed by atoms with Crippen LogP contribution in [-0.4, -0.2) is 33.1 Å². The van der Waals surface area contributed by atoms with Crippen molar-refractivity contribution in [3.8, 4) is 22.8 Å². The summed E-state index contributed by atoms with van der Waals surface area (Å²) in [6, 6.07) is 11.6. The van der Waals surface area contributed by atoms with Gasteiger partial charge in [-0.1, -0.05) is 24.3 Å². The second-order valence-electron chi connectivity index (χ2n) is 5.96. The van der Waals surface area contributed by atoms with Crippen LogP contribution in [0.1, 0.15) is 17.3 Å². The second-order valence-corrected chi connectivity index (χ2v) is 5.96. The van der Waals surface area contributed by atoms with Gasteiger partial charge in [0.2, 0.25) is 5.95 Å². The standard InChI is InChI=1S/C18H14F4N4O2/c1-17(19,18(20,21)22)28-14-8-6-13(7-9-14)26-16(23)24-15(25-26)12-4-2-11(10-27)3-5-12/h2-10H,1H3,(H2,23,24,25). The lowest BCUT2D eigenvalue weighted by atomic mass is 10.1. The monoisotopic (exact) mass is 394 g/mol. The third kappa shape index (κ3) is 3.80. The molecule has 0 bridgehead atoms. The Morgan fingerprint density at radius 3 is 2.18 bits per heavy atom. The summed E-state index contributed by atoms with van der Waals surface area (Å²) in [5.74, 6) is -3.80. The average molecular weight is 394 g/mol. The Hall–Kier alpha value is -3.43. The molecule has 0 saturated heterocycles. The van der Waals surface area contributed by atoms with Gasteiger partial charge in [-0.3, -0.25) is 4.79 Å². The highest BCUT2D eigenvalue weighted by Gasteiger charge is 2.55. The first kappa shape index (κ1) is 19.3. The van der Waals surface area contributed by atoms with Crippen LogP contribution in [0.3, 0.4) is 0 Å². The fourth-order valence-electron chi connectivity index (χ4n) is 2.28. The molecule has 10 heteroatoms. The number of aromatic nitrogens is 3. The molecule has 1 aromatic heterocycles. The van der Waals surface area contributed by atoms with E-state index >= 15 is 0 Å². The van der Waals surface area contributed by atoms with E-state index in [1.807, 2.05) is 0 Å². The van der Waals surface area contributed by atoms with Crippen molar-refractivity contribution in [1.29, 1.82) is 0 Å². The Labute approximate surface area is 156 Å². The number of rotatable bonds is 5. The van der Waals surface area contributed by atoms with Crippen LogP contribution in [0.4, 0.5) is 23.5 Å². The number of benzene rings is 2. The van der Waals surface area contributed by atoms with E-state index in [9.17, 15) is 22.4 Å². The Morgan fingerprint density at radius 2 is 1.64 bits per heavy atom. The van der Waals surface area contributed by atoms with E-state index in [2.05, 4.69) is 14.8 Å². The van der Waals surface area contributed by atoms with Gasteiger partial charge in [0.1, 0.15) is 12.0 Å². The van der Waals surface area contributed by atoms with E-state index in [1.54, 1.807) is 24.3 Å². The zero-order chi connectivity index (χ0) is 20.5. The van der Waals surface area contributed by atoms with Crippen LogP contribution >= 0.6 is 0 Å². The van der Waals surface area contributed by atoms with Gasteiger partial charge in [0.15, 0.2) is 5.82 Å². The molecule has 0 amide bonds. The van der Waals surface area contributed by atoms with E-state index in [-0.39, 0.29) is 11.7 Å². The lowest BCUT2D eigenvalue weighted by molar-refractivity contribution is -0.293. The average Bonchev–Trinajstić information content (AvgIpc) is 3.03. The molecule has 1 atom stereocenters. The molecular weight excluding hydrogens is 380 g/mol. The van der Waals surface area contributed by atoms with Crippen LogP contribution in [0, 0.1) is 0 Å². The fourth-order valence-corrected chi connectivity index (χ4v) is 2.28. The number of hydrogen-bond acceptors (Lipinski definition) is 5. The van der Waals surface area contributed by atoms with Gasteiger partial charge in [-0.15, -0.1) is 5.10 Å². The molecule has 1 unspecified atom stereocenters. The molecule has 0 aliphatic carbocycles. The van der Waals surface area contributed by atoms with Crippen molar-refractivity contribution >= 4 is 12.2 Å². The largest absolute Gasteiger partial charge is 0.459 e. The molecule has 0 aliphatic heterocycles. The van der Waals surface area contributed by atoms with Gasteiger partial charge in [-0.05, 0) is 24.3 Å². The first-order valence-corrected chi connectivity index (χ1v) is 7.94. The molecule has 0 saturated carbocycles. The van der Waals surface area contributed by atoms with Crippen LogP contribution in [-0.2, 0) is 0 Å². The summed E-state index contributed by atoms with van der Waals surface area (Å²) in [6.45, 7) is 0.290. The summed E-state index contributed by atoms with van der Waals surface area (Å²) in [5.41, 5.74) is 7.36. The molecular formula is C18H14F4N4O2. The van der Waals surface area contributed by atoms with Crippen molar-refractivity contribution in [3.05, 3.63) is 54.1 Å². The van der Waals surface area contributed by atoms with Crippen LogP contribution in [0.15, 0.2) is 48.5 Å². The van der Waals surface area contributed by atoms with Gasteiger partial charge in [0.05, 0.1) is 5.69 Å². The lowest BCUT2D eigenvalue weighted by Gasteiger charge is -2.24. The Morgan fingerprint density at radius 1 is 1.04 bits per heavy atom. The van der Waals surface area contributed by atoms with Crippen molar-refractivity contribution in [2.24, 2.45) is 0 Å². The summed E-state index contributed by atoms with van der Waals surface area (Å²) >= 11 is 0. The first-order valence-electron chi connectivity index (χ1n) is 7.94. The van der Waals surface area contributed by atoms with E-state index in [4.69, 9.17) is 5.73 Å². The SMILES string of the molecule is CC(F)(Oc1ccc(-n2nc(-c3ccc(C=O)cc3)nc2N)cc1)C(F)(F)F. The molecule has 146 valence electrons. The summed E-state index contributed by atoms with van der Waals surface area (Å²) in [6.07, 6.45) is -4.47. The molecule has 0 radical (unpaired) electrons. The normalized spacial score (nSPS) is 13.8. The molecule has 0 aliphatic rings. The number of hydrogen-bond donors (Lipinski definition) is 1. The van der Waals surface area contributed by atoms with Crippen LogP contribution < -0.4 is 10.5 Å². The van der Waals surface area contributed by atoms with E-state index in [1.165, 1.54) is 28.9 Å². The van der Waals surface area contributed by atoms with Crippen LogP contribution in [0.2, 0.25) is 0 Å². The minimum absolute atomic E-state index is 0.0359. The zero-order valence-corrected chi connectivity index (χ0v) is 14.4. The van der Waals surface area contributed by atoms with E-state index < -0.39 is 12.0 Å². The molecule has 6 nitrogen and oxygen atoms in total. The van der Waals surface area contributed by atoms with Crippen LogP contribution in [0.5, 0.6) is 5.75 Å². The Kier molecular flexibility index (Phi) is 4.80. The number of alkyl halides is 4. The number of nitrogens with two attached hydrogens (primary N) is 1. The maximum absolute atomic E-state index is 13.6. The molecule has 28 heavy (non-hydrogen) atoms. The fraction of sp³-hybridized carbons (Fsp3) is 0.167. The highest BCUT2D eigenvalue weighted by molar-refractivity contribution is 5.76. The molecule has 3 aromatic rings. The van der Waals surface area contributed by atoms with Crippen molar-refractivity contribution in [3.63, 3.8) is 0 Å². The lowest BCUT2D eigenvalue weighted by Crippen LogP contribution is -2.43.